The number of halogens is 3. The van der Waals surface area contributed by atoms with Crippen molar-refractivity contribution in [2.45, 2.75) is 19.9 Å². The van der Waals surface area contributed by atoms with Gasteiger partial charge in [0.15, 0.2) is 0 Å². The van der Waals surface area contributed by atoms with Gasteiger partial charge < -0.3 is 10.5 Å². The molecule has 0 amide bonds. The molecule has 0 aliphatic carbocycles. The first-order valence-electron chi connectivity index (χ1n) is 4.95. The van der Waals surface area contributed by atoms with Gasteiger partial charge >= 0.3 is 5.97 Å². The number of pyridine rings is 1. The lowest BCUT2D eigenvalue weighted by molar-refractivity contribution is -0.152. The summed E-state index contributed by atoms with van der Waals surface area (Å²) < 4.78 is 4.72. The van der Waals surface area contributed by atoms with Crippen molar-refractivity contribution in [3.8, 4) is 0 Å². The second-order valence-electron chi connectivity index (χ2n) is 4.21. The van der Waals surface area contributed by atoms with Crippen LogP contribution in [0.15, 0.2) is 12.4 Å². The predicted octanol–water partition coefficient (Wildman–Crippen LogP) is 3.01. The van der Waals surface area contributed by atoms with Crippen molar-refractivity contribution in [1.82, 2.24) is 4.98 Å². The summed E-state index contributed by atoms with van der Waals surface area (Å²) in [4.78, 5) is 15.5. The lowest BCUT2D eigenvalue weighted by Crippen LogP contribution is -2.37. The van der Waals surface area contributed by atoms with E-state index in [0.29, 0.717) is 15.6 Å². The topological polar surface area (TPSA) is 65.2 Å². The number of nitrogens with two attached hydrogens (primary N) is 1. The monoisotopic (exact) mass is 312 g/mol. The normalized spacial score (nSPS) is 12.6. The second kappa shape index (κ2) is 6.57. The molecule has 2 N–H and O–H groups in total. The van der Waals surface area contributed by atoms with Crippen LogP contribution >= 0.6 is 35.6 Å². The van der Waals surface area contributed by atoms with Crippen molar-refractivity contribution in [2.24, 2.45) is 11.1 Å². The van der Waals surface area contributed by atoms with Crippen LogP contribution in [0.4, 0.5) is 0 Å². The molecular weight excluding hydrogens is 298 g/mol. The zero-order valence-corrected chi connectivity index (χ0v) is 12.6. The quantitative estimate of drug-likeness (QED) is 0.871. The van der Waals surface area contributed by atoms with E-state index in [1.54, 1.807) is 13.8 Å². The van der Waals surface area contributed by atoms with Crippen LogP contribution in [0, 0.1) is 5.41 Å². The highest BCUT2D eigenvalue weighted by molar-refractivity contribution is 6.35. The molecule has 0 bridgehead atoms. The number of carbonyl (C=O) groups excluding carboxylic acids is 1. The highest BCUT2D eigenvalue weighted by atomic mass is 35.5. The summed E-state index contributed by atoms with van der Waals surface area (Å²) in [7, 11) is 1.31. The van der Waals surface area contributed by atoms with Gasteiger partial charge in [0, 0.05) is 24.0 Å². The number of carbonyl (C=O) groups is 1. The summed E-state index contributed by atoms with van der Waals surface area (Å²) in [6.07, 6.45) is 2.88. The maximum atomic E-state index is 11.7. The number of esters is 1. The summed E-state index contributed by atoms with van der Waals surface area (Å²) in [5.41, 5.74) is 5.63. The number of hydrogen-bond acceptors (Lipinski definition) is 4. The number of aromatic nitrogens is 1. The Morgan fingerprint density at radius 1 is 1.39 bits per heavy atom. The molecule has 0 aliphatic heterocycles. The van der Waals surface area contributed by atoms with Crippen LogP contribution in [0.25, 0.3) is 0 Å². The fourth-order valence-corrected chi connectivity index (χ4v) is 2.07. The molecule has 0 unspecified atom stereocenters. The minimum absolute atomic E-state index is 0. The van der Waals surface area contributed by atoms with Crippen LogP contribution < -0.4 is 5.73 Å². The number of rotatable bonds is 3. The summed E-state index contributed by atoms with van der Waals surface area (Å²) >= 11 is 12.0. The van der Waals surface area contributed by atoms with E-state index in [9.17, 15) is 4.79 Å². The third kappa shape index (κ3) is 3.26. The minimum Gasteiger partial charge on any atom is -0.469 e. The molecule has 1 heterocycles. The summed E-state index contributed by atoms with van der Waals surface area (Å²) in [5, 5.41) is 0.670. The van der Waals surface area contributed by atoms with E-state index >= 15 is 0 Å². The largest absolute Gasteiger partial charge is 0.469 e. The van der Waals surface area contributed by atoms with Crippen LogP contribution in [0.1, 0.15) is 25.5 Å². The summed E-state index contributed by atoms with van der Waals surface area (Å²) in [5.74, 6) is -0.422. The highest BCUT2D eigenvalue weighted by Crippen LogP contribution is 2.38. The van der Waals surface area contributed by atoms with E-state index in [4.69, 9.17) is 33.7 Å². The van der Waals surface area contributed by atoms with E-state index in [-0.39, 0.29) is 12.4 Å². The van der Waals surface area contributed by atoms with Gasteiger partial charge in [0.05, 0.1) is 22.6 Å². The fourth-order valence-electron chi connectivity index (χ4n) is 1.47. The lowest BCUT2D eigenvalue weighted by Gasteiger charge is -2.29. The Morgan fingerprint density at radius 2 is 1.83 bits per heavy atom. The van der Waals surface area contributed by atoms with Crippen molar-refractivity contribution in [2.75, 3.05) is 7.11 Å². The lowest BCUT2D eigenvalue weighted by atomic mass is 9.81. The predicted molar refractivity (Wildman–Crippen MR) is 74.2 cm³/mol. The van der Waals surface area contributed by atoms with Crippen LogP contribution in [0.3, 0.4) is 0 Å². The number of ether oxygens (including phenoxy) is 1. The third-order valence-electron chi connectivity index (χ3n) is 2.69. The molecule has 1 atom stereocenters. The minimum atomic E-state index is -0.927. The van der Waals surface area contributed by atoms with Crippen molar-refractivity contribution in [3.05, 3.63) is 28.0 Å². The molecule has 0 aromatic carbocycles. The molecule has 0 radical (unpaired) electrons. The Kier molecular flexibility index (Phi) is 6.37. The average molecular weight is 314 g/mol. The summed E-state index contributed by atoms with van der Waals surface area (Å²) in [6, 6.07) is -0.669. The molecule has 0 saturated carbocycles. The van der Waals surface area contributed by atoms with Crippen molar-refractivity contribution in [1.29, 1.82) is 0 Å². The van der Waals surface area contributed by atoms with Crippen molar-refractivity contribution in [3.63, 3.8) is 0 Å². The molecular formula is C11H15Cl3N2O2. The van der Waals surface area contributed by atoms with Gasteiger partial charge in [0.1, 0.15) is 0 Å². The maximum Gasteiger partial charge on any atom is 0.313 e. The van der Waals surface area contributed by atoms with Gasteiger partial charge in [-0.3, -0.25) is 9.78 Å². The molecule has 102 valence electrons. The molecule has 1 aromatic rings. The zero-order valence-electron chi connectivity index (χ0n) is 10.2. The van der Waals surface area contributed by atoms with Gasteiger partial charge in [-0.25, -0.2) is 0 Å². The van der Waals surface area contributed by atoms with E-state index in [1.165, 1.54) is 19.5 Å². The van der Waals surface area contributed by atoms with Gasteiger partial charge in [-0.1, -0.05) is 23.2 Å². The van der Waals surface area contributed by atoms with E-state index in [0.717, 1.165) is 0 Å². The van der Waals surface area contributed by atoms with E-state index < -0.39 is 17.4 Å². The van der Waals surface area contributed by atoms with Crippen LogP contribution in [0.2, 0.25) is 10.0 Å². The van der Waals surface area contributed by atoms with E-state index in [2.05, 4.69) is 4.98 Å². The Hall–Kier alpha value is -0.550. The average Bonchev–Trinajstić information content (AvgIpc) is 2.27. The zero-order chi connectivity index (χ0) is 13.2. The first-order chi connectivity index (χ1) is 7.82. The number of nitrogens with zero attached hydrogens (tertiary/aromatic N) is 1. The molecule has 0 saturated heterocycles. The standard InChI is InChI=1S/C11H14Cl2N2O2.ClH/c1-11(2,10(16)17-3)9(14)8-6(12)4-15-5-7(8)13;/h4-5,9H,14H2,1-3H3;1H/t9-;/m1./s1. The van der Waals surface area contributed by atoms with Crippen molar-refractivity contribution >= 4 is 41.6 Å². The Balaban J connectivity index is 0.00000289. The molecule has 7 heteroatoms. The smallest absolute Gasteiger partial charge is 0.313 e. The van der Waals surface area contributed by atoms with E-state index in [1.807, 2.05) is 0 Å². The van der Waals surface area contributed by atoms with Gasteiger partial charge in [-0.15, -0.1) is 12.4 Å². The highest BCUT2D eigenvalue weighted by Gasteiger charge is 2.38. The number of methoxy groups -OCH3 is 1. The van der Waals surface area contributed by atoms with Gasteiger partial charge in [-0.2, -0.15) is 0 Å². The van der Waals surface area contributed by atoms with Crippen molar-refractivity contribution < 1.29 is 9.53 Å². The molecule has 0 fully saturated rings. The molecule has 0 spiro atoms. The fraction of sp³-hybridized carbons (Fsp3) is 0.455. The van der Waals surface area contributed by atoms with Gasteiger partial charge in [0.2, 0.25) is 0 Å². The molecule has 4 nitrogen and oxygen atoms in total. The third-order valence-corrected chi connectivity index (χ3v) is 3.29. The Bertz CT molecular complexity index is 418. The molecule has 18 heavy (non-hydrogen) atoms. The van der Waals surface area contributed by atoms with Gasteiger partial charge in [0.25, 0.3) is 0 Å². The second-order valence-corrected chi connectivity index (χ2v) is 5.02. The molecule has 0 aliphatic rings. The van der Waals surface area contributed by atoms with Gasteiger partial charge in [-0.05, 0) is 13.8 Å². The number of hydrogen-bond donors (Lipinski definition) is 1. The van der Waals surface area contributed by atoms with Crippen LogP contribution in [0.5, 0.6) is 0 Å². The van der Waals surface area contributed by atoms with Crippen LogP contribution in [-0.2, 0) is 9.53 Å². The Labute approximate surface area is 122 Å². The molecule has 1 aromatic heterocycles. The Morgan fingerprint density at radius 3 is 2.22 bits per heavy atom. The summed E-state index contributed by atoms with van der Waals surface area (Å²) in [6.45, 7) is 3.35. The molecule has 1 rings (SSSR count). The first kappa shape index (κ1) is 17.4. The SMILES string of the molecule is COC(=O)C(C)(C)[C@H](N)c1c(Cl)cncc1Cl.Cl. The first-order valence-corrected chi connectivity index (χ1v) is 5.70. The van der Waals surface area contributed by atoms with Crippen LogP contribution in [-0.4, -0.2) is 18.1 Å². The maximum absolute atomic E-state index is 11.7.